The molecule has 116 valence electrons. The largest absolute Gasteiger partial charge is 1.00 e. The van der Waals surface area contributed by atoms with Crippen molar-refractivity contribution in [2.45, 2.75) is 62.8 Å². The summed E-state index contributed by atoms with van der Waals surface area (Å²) in [6.07, 6.45) is -4.72. The molecule has 0 aliphatic heterocycles. The molecule has 0 unspecified atom stereocenters. The van der Waals surface area contributed by atoms with Crippen molar-refractivity contribution >= 4 is 10.1 Å². The summed E-state index contributed by atoms with van der Waals surface area (Å²) in [4.78, 5) is 0. The van der Waals surface area contributed by atoms with Gasteiger partial charge >= 0.3 is 62.8 Å². The predicted octanol–water partition coefficient (Wildman–Crippen LogP) is 0.812. The van der Waals surface area contributed by atoms with Crippen LogP contribution < -0.4 is 51.4 Å². The van der Waals surface area contributed by atoms with Gasteiger partial charge in [-0.25, -0.2) is 8.42 Å². The van der Waals surface area contributed by atoms with Gasteiger partial charge in [0.1, 0.15) is 0 Å². The zero-order valence-electron chi connectivity index (χ0n) is 11.2. The first-order valence-electron chi connectivity index (χ1n) is 5.86. The van der Waals surface area contributed by atoms with E-state index in [0.29, 0.717) is 19.3 Å². The Kier molecular flexibility index (Phi) is 11.8. The van der Waals surface area contributed by atoms with Crippen molar-refractivity contribution in [1.29, 1.82) is 0 Å². The van der Waals surface area contributed by atoms with Crippen molar-refractivity contribution in [3.8, 4) is 0 Å². The Bertz CT molecular complexity index is 356. The van der Waals surface area contributed by atoms with E-state index in [-0.39, 0.29) is 70.6 Å². The van der Waals surface area contributed by atoms with Gasteiger partial charge in [0, 0.05) is 12.8 Å². The summed E-state index contributed by atoms with van der Waals surface area (Å²) < 4.78 is 91.0. The van der Waals surface area contributed by atoms with E-state index in [1.165, 1.54) is 0 Å². The zero-order chi connectivity index (χ0) is 15.2. The standard InChI is InChI=1S/C10H17F5O3S.K/c11-9(12,13)7-5-3-1-2-4-6-8-10(14,15)19(16,17)18;/h1-8H2,(H,16,17,18);/q;+1/p-1. The molecule has 3 nitrogen and oxygen atoms in total. The fraction of sp³-hybridized carbons (Fsp3) is 1.00. The Hall–Kier alpha value is 1.20. The number of hydrogen-bond donors (Lipinski definition) is 0. The van der Waals surface area contributed by atoms with Crippen LogP contribution in [0, 0.1) is 0 Å². The second kappa shape index (κ2) is 10.1. The fourth-order valence-corrected chi connectivity index (χ4v) is 1.88. The second-order valence-electron chi connectivity index (χ2n) is 4.33. The third kappa shape index (κ3) is 11.8. The van der Waals surface area contributed by atoms with Gasteiger partial charge in [0.05, 0.1) is 0 Å². The minimum Gasteiger partial charge on any atom is -0.743 e. The zero-order valence-corrected chi connectivity index (χ0v) is 15.1. The van der Waals surface area contributed by atoms with Crippen molar-refractivity contribution in [3.63, 3.8) is 0 Å². The molecule has 0 aromatic rings. The number of rotatable bonds is 9. The van der Waals surface area contributed by atoms with E-state index in [9.17, 15) is 34.9 Å². The van der Waals surface area contributed by atoms with Crippen LogP contribution in [0.1, 0.15) is 51.4 Å². The van der Waals surface area contributed by atoms with Crippen LogP contribution in [0.5, 0.6) is 0 Å². The Morgan fingerprint density at radius 1 is 0.750 bits per heavy atom. The molecule has 0 N–H and O–H groups in total. The summed E-state index contributed by atoms with van der Waals surface area (Å²) in [6.45, 7) is 0. The van der Waals surface area contributed by atoms with Crippen molar-refractivity contribution in [3.05, 3.63) is 0 Å². The minimum absolute atomic E-state index is 0. The van der Waals surface area contributed by atoms with E-state index < -0.39 is 34.4 Å². The molecule has 0 saturated heterocycles. The second-order valence-corrected chi connectivity index (χ2v) is 5.83. The van der Waals surface area contributed by atoms with Gasteiger partial charge in [-0.05, 0) is 12.8 Å². The van der Waals surface area contributed by atoms with Crippen LogP contribution in [0.3, 0.4) is 0 Å². The number of hydrogen-bond acceptors (Lipinski definition) is 3. The first-order chi connectivity index (χ1) is 8.46. The summed E-state index contributed by atoms with van der Waals surface area (Å²) in [5.41, 5.74) is 0. The van der Waals surface area contributed by atoms with E-state index in [4.69, 9.17) is 0 Å². The molecule has 0 rings (SSSR count). The Labute approximate surface area is 157 Å². The maximum atomic E-state index is 12.7. The van der Waals surface area contributed by atoms with E-state index in [0.717, 1.165) is 0 Å². The van der Waals surface area contributed by atoms with Gasteiger partial charge in [-0.1, -0.05) is 25.7 Å². The van der Waals surface area contributed by atoms with Crippen LogP contribution in [-0.2, 0) is 10.1 Å². The fourth-order valence-electron chi connectivity index (χ4n) is 1.49. The van der Waals surface area contributed by atoms with Gasteiger partial charge in [0.2, 0.25) is 0 Å². The third-order valence-corrected chi connectivity index (χ3v) is 3.48. The summed E-state index contributed by atoms with van der Waals surface area (Å²) in [5.74, 6) is 0. The molecule has 0 aliphatic carbocycles. The van der Waals surface area contributed by atoms with E-state index in [1.54, 1.807) is 0 Å². The molecular weight excluding hydrogens is 334 g/mol. The maximum Gasteiger partial charge on any atom is 1.00 e. The molecule has 0 fully saturated rings. The molecule has 0 saturated carbocycles. The Morgan fingerprint density at radius 2 is 1.10 bits per heavy atom. The molecule has 20 heavy (non-hydrogen) atoms. The summed E-state index contributed by atoms with van der Waals surface area (Å²) >= 11 is 0. The number of unbranched alkanes of at least 4 members (excludes halogenated alkanes) is 5. The van der Waals surface area contributed by atoms with Gasteiger partial charge in [-0.15, -0.1) is 0 Å². The van der Waals surface area contributed by atoms with Crippen LogP contribution in [-0.4, -0.2) is 24.4 Å². The summed E-state index contributed by atoms with van der Waals surface area (Å²) in [5, 5.41) is -4.26. The van der Waals surface area contributed by atoms with Crippen LogP contribution in [0.25, 0.3) is 0 Å². The minimum atomic E-state index is -5.63. The molecule has 0 radical (unpaired) electrons. The topological polar surface area (TPSA) is 57.2 Å². The number of alkyl halides is 5. The summed E-state index contributed by atoms with van der Waals surface area (Å²) in [7, 11) is -5.63. The smallest absolute Gasteiger partial charge is 0.743 e. The van der Waals surface area contributed by atoms with Crippen molar-refractivity contribution in [2.75, 3.05) is 0 Å². The average Bonchev–Trinajstić information content (AvgIpc) is 2.18. The van der Waals surface area contributed by atoms with Crippen molar-refractivity contribution < 1.29 is 86.3 Å². The molecule has 0 amide bonds. The molecule has 0 aromatic carbocycles. The molecule has 0 atom stereocenters. The van der Waals surface area contributed by atoms with Crippen molar-refractivity contribution in [2.24, 2.45) is 0 Å². The molecular formula is C10H16F5KO3S. The van der Waals surface area contributed by atoms with Crippen LogP contribution >= 0.6 is 0 Å². The first-order valence-corrected chi connectivity index (χ1v) is 7.26. The van der Waals surface area contributed by atoms with Crippen LogP contribution in [0.2, 0.25) is 0 Å². The van der Waals surface area contributed by atoms with Gasteiger partial charge in [-0.3, -0.25) is 0 Å². The average molecular weight is 350 g/mol. The van der Waals surface area contributed by atoms with Crippen molar-refractivity contribution in [1.82, 2.24) is 0 Å². The van der Waals surface area contributed by atoms with E-state index in [1.807, 2.05) is 0 Å². The number of halogens is 5. The van der Waals surface area contributed by atoms with Crippen LogP contribution in [0.4, 0.5) is 22.0 Å². The maximum absolute atomic E-state index is 12.7. The SMILES string of the molecule is O=S(=O)([O-])C(F)(F)CCCCCCCCC(F)(F)F.[K+]. The molecule has 0 spiro atoms. The van der Waals surface area contributed by atoms with Gasteiger partial charge in [-0.2, -0.15) is 22.0 Å². The normalized spacial score (nSPS) is 13.1. The van der Waals surface area contributed by atoms with Gasteiger partial charge in [0.25, 0.3) is 0 Å². The molecule has 0 aliphatic rings. The predicted molar refractivity (Wildman–Crippen MR) is 57.6 cm³/mol. The quantitative estimate of drug-likeness (QED) is 0.268. The monoisotopic (exact) mass is 350 g/mol. The molecule has 0 heterocycles. The molecule has 10 heteroatoms. The van der Waals surface area contributed by atoms with Gasteiger partial charge in [0.15, 0.2) is 10.1 Å². The Balaban J connectivity index is 0. The molecule has 0 aromatic heterocycles. The van der Waals surface area contributed by atoms with Gasteiger partial charge < -0.3 is 4.55 Å². The first kappa shape index (κ1) is 23.5. The van der Waals surface area contributed by atoms with E-state index in [2.05, 4.69) is 0 Å². The van der Waals surface area contributed by atoms with E-state index >= 15 is 0 Å². The third-order valence-electron chi connectivity index (χ3n) is 2.54. The summed E-state index contributed by atoms with van der Waals surface area (Å²) in [6, 6.07) is 0. The van der Waals surface area contributed by atoms with Crippen LogP contribution in [0.15, 0.2) is 0 Å². The molecule has 0 bridgehead atoms. The Morgan fingerprint density at radius 3 is 1.45 bits per heavy atom.